The minimum Gasteiger partial charge on any atom is -0.348 e. The Balaban J connectivity index is 1.41. The van der Waals surface area contributed by atoms with Crippen molar-refractivity contribution in [1.29, 1.82) is 0 Å². The van der Waals surface area contributed by atoms with Crippen molar-refractivity contribution in [2.24, 2.45) is 5.92 Å². The fourth-order valence-corrected chi connectivity index (χ4v) is 3.40. The van der Waals surface area contributed by atoms with Crippen LogP contribution in [0.5, 0.6) is 0 Å². The van der Waals surface area contributed by atoms with Gasteiger partial charge in [0.15, 0.2) is 0 Å². The summed E-state index contributed by atoms with van der Waals surface area (Å²) in [6.07, 6.45) is 7.57. The predicted octanol–water partition coefficient (Wildman–Crippen LogP) is 1.39. The maximum atomic E-state index is 12.6. The first-order valence-electron chi connectivity index (χ1n) is 8.84. The van der Waals surface area contributed by atoms with Crippen LogP contribution >= 0.6 is 0 Å². The zero-order valence-corrected chi connectivity index (χ0v) is 13.7. The standard InChI is InChI=1S/C19H23N3O2/c23-18(22-12-10-14-3-1-2-4-17(14)22)8-7-15(13-5-6-13)21-19(24)16-9-11-20-16/h1-4,7-8,13,15-16,20H,5-6,9-12H2,(H,21,24)/b8-7+/t15-,16+/m1/s1. The van der Waals surface area contributed by atoms with E-state index < -0.39 is 0 Å². The number of carbonyl (C=O) groups excluding carboxylic acids is 2. The molecular formula is C19H23N3O2. The van der Waals surface area contributed by atoms with Crippen molar-refractivity contribution in [3.8, 4) is 0 Å². The van der Waals surface area contributed by atoms with Crippen LogP contribution in [0.4, 0.5) is 5.69 Å². The van der Waals surface area contributed by atoms with E-state index in [1.54, 1.807) is 6.08 Å². The second-order valence-electron chi connectivity index (χ2n) is 6.89. The molecule has 1 aromatic carbocycles. The zero-order valence-electron chi connectivity index (χ0n) is 13.7. The number of nitrogens with one attached hydrogen (secondary N) is 2. The Kier molecular flexibility index (Phi) is 4.10. The Hall–Kier alpha value is -2.14. The van der Waals surface area contributed by atoms with Crippen LogP contribution < -0.4 is 15.5 Å². The topological polar surface area (TPSA) is 61.4 Å². The SMILES string of the molecule is O=C(N[C@H](/C=C/C(=O)N1CCc2ccccc21)C1CC1)[C@@H]1CCN1. The maximum Gasteiger partial charge on any atom is 0.250 e. The Morgan fingerprint density at radius 2 is 2.04 bits per heavy atom. The van der Waals surface area contributed by atoms with Gasteiger partial charge < -0.3 is 15.5 Å². The van der Waals surface area contributed by atoms with Crippen molar-refractivity contribution < 1.29 is 9.59 Å². The lowest BCUT2D eigenvalue weighted by molar-refractivity contribution is -0.125. The molecule has 1 aliphatic carbocycles. The second-order valence-corrected chi connectivity index (χ2v) is 6.89. The fraction of sp³-hybridized carbons (Fsp3) is 0.474. The summed E-state index contributed by atoms with van der Waals surface area (Å²) < 4.78 is 0. The molecule has 5 nitrogen and oxygen atoms in total. The number of fused-ring (bicyclic) bond motifs is 1. The van der Waals surface area contributed by atoms with Crippen LogP contribution in [0.15, 0.2) is 36.4 Å². The number of anilines is 1. The number of hydrogen-bond donors (Lipinski definition) is 2. The van der Waals surface area contributed by atoms with Crippen molar-refractivity contribution in [3.05, 3.63) is 42.0 Å². The average molecular weight is 325 g/mol. The van der Waals surface area contributed by atoms with Crippen molar-refractivity contribution in [3.63, 3.8) is 0 Å². The molecule has 5 heteroatoms. The van der Waals surface area contributed by atoms with Gasteiger partial charge in [0, 0.05) is 18.3 Å². The van der Waals surface area contributed by atoms with Gasteiger partial charge in [0.05, 0.1) is 12.1 Å². The summed E-state index contributed by atoms with van der Waals surface area (Å²) in [5.41, 5.74) is 2.24. The van der Waals surface area contributed by atoms with Crippen LogP contribution in [-0.4, -0.2) is 37.0 Å². The predicted molar refractivity (Wildman–Crippen MR) is 92.7 cm³/mol. The van der Waals surface area contributed by atoms with E-state index in [4.69, 9.17) is 0 Å². The quantitative estimate of drug-likeness (QED) is 0.804. The van der Waals surface area contributed by atoms with E-state index in [0.29, 0.717) is 5.92 Å². The number of carbonyl (C=O) groups is 2. The van der Waals surface area contributed by atoms with E-state index in [1.807, 2.05) is 29.2 Å². The molecule has 24 heavy (non-hydrogen) atoms. The van der Waals surface area contributed by atoms with Gasteiger partial charge in [-0.2, -0.15) is 0 Å². The second kappa shape index (κ2) is 6.40. The molecule has 2 atom stereocenters. The van der Waals surface area contributed by atoms with Crippen LogP contribution in [0.1, 0.15) is 24.8 Å². The van der Waals surface area contributed by atoms with Gasteiger partial charge in [-0.15, -0.1) is 0 Å². The first kappa shape index (κ1) is 15.4. The van der Waals surface area contributed by atoms with Gasteiger partial charge in [-0.05, 0) is 49.8 Å². The molecule has 126 valence electrons. The molecule has 0 bridgehead atoms. The number of para-hydroxylation sites is 1. The lowest BCUT2D eigenvalue weighted by Gasteiger charge is -2.28. The molecule has 0 spiro atoms. The van der Waals surface area contributed by atoms with E-state index in [1.165, 1.54) is 5.56 Å². The van der Waals surface area contributed by atoms with E-state index in [2.05, 4.69) is 16.7 Å². The third kappa shape index (κ3) is 3.08. The minimum absolute atomic E-state index is 0.00150. The highest BCUT2D eigenvalue weighted by molar-refractivity contribution is 6.03. The molecule has 3 aliphatic rings. The normalized spacial score (nSPS) is 23.7. The molecule has 1 saturated carbocycles. The van der Waals surface area contributed by atoms with Crippen molar-refractivity contribution in [1.82, 2.24) is 10.6 Å². The first-order valence-corrected chi connectivity index (χ1v) is 8.84. The van der Waals surface area contributed by atoms with Crippen LogP contribution in [0.25, 0.3) is 0 Å². The van der Waals surface area contributed by atoms with E-state index in [-0.39, 0.29) is 23.9 Å². The molecule has 2 heterocycles. The summed E-state index contributed by atoms with van der Waals surface area (Å²) in [4.78, 5) is 26.5. The Bertz CT molecular complexity index is 677. The summed E-state index contributed by atoms with van der Waals surface area (Å²) in [6.45, 7) is 1.64. The van der Waals surface area contributed by atoms with Crippen molar-refractivity contribution in [2.75, 3.05) is 18.0 Å². The molecule has 4 rings (SSSR count). The average Bonchev–Trinajstić information content (AvgIpc) is 3.28. The first-order chi connectivity index (χ1) is 11.7. The summed E-state index contributed by atoms with van der Waals surface area (Å²) in [6, 6.07) is 7.97. The number of nitrogens with zero attached hydrogens (tertiary/aromatic N) is 1. The highest BCUT2D eigenvalue weighted by Crippen LogP contribution is 2.33. The zero-order chi connectivity index (χ0) is 16.5. The Labute approximate surface area is 142 Å². The van der Waals surface area contributed by atoms with Crippen molar-refractivity contribution in [2.45, 2.75) is 37.8 Å². The summed E-state index contributed by atoms with van der Waals surface area (Å²) in [5, 5.41) is 6.21. The van der Waals surface area contributed by atoms with E-state index in [0.717, 1.165) is 44.5 Å². The number of benzene rings is 1. The molecule has 2 N–H and O–H groups in total. The molecular weight excluding hydrogens is 302 g/mol. The van der Waals surface area contributed by atoms with Gasteiger partial charge in [0.1, 0.15) is 0 Å². The number of hydrogen-bond acceptors (Lipinski definition) is 3. The largest absolute Gasteiger partial charge is 0.348 e. The molecule has 2 amide bonds. The molecule has 0 aromatic heterocycles. The van der Waals surface area contributed by atoms with Gasteiger partial charge in [-0.1, -0.05) is 24.3 Å². The van der Waals surface area contributed by atoms with Crippen LogP contribution in [-0.2, 0) is 16.0 Å². The van der Waals surface area contributed by atoms with E-state index in [9.17, 15) is 9.59 Å². The number of rotatable bonds is 5. The van der Waals surface area contributed by atoms with Gasteiger partial charge in [-0.3, -0.25) is 9.59 Å². The number of amides is 2. The highest BCUT2D eigenvalue weighted by Gasteiger charge is 2.34. The molecule has 0 unspecified atom stereocenters. The van der Waals surface area contributed by atoms with Crippen LogP contribution in [0.3, 0.4) is 0 Å². The fourth-order valence-electron chi connectivity index (χ4n) is 3.40. The lowest BCUT2D eigenvalue weighted by Crippen LogP contribution is -2.55. The lowest BCUT2D eigenvalue weighted by atomic mass is 10.1. The summed E-state index contributed by atoms with van der Waals surface area (Å²) in [5.74, 6) is 0.535. The van der Waals surface area contributed by atoms with Gasteiger partial charge in [0.25, 0.3) is 5.91 Å². The summed E-state index contributed by atoms with van der Waals surface area (Å²) >= 11 is 0. The molecule has 2 fully saturated rings. The van der Waals surface area contributed by atoms with Gasteiger partial charge >= 0.3 is 0 Å². The van der Waals surface area contributed by atoms with E-state index >= 15 is 0 Å². The third-order valence-electron chi connectivity index (χ3n) is 5.18. The minimum atomic E-state index is -0.0548. The van der Waals surface area contributed by atoms with Crippen molar-refractivity contribution >= 4 is 17.5 Å². The monoisotopic (exact) mass is 325 g/mol. The molecule has 2 aliphatic heterocycles. The molecule has 1 saturated heterocycles. The highest BCUT2D eigenvalue weighted by atomic mass is 16.2. The summed E-state index contributed by atoms with van der Waals surface area (Å²) in [7, 11) is 0. The van der Waals surface area contributed by atoms with Gasteiger partial charge in [0.2, 0.25) is 5.91 Å². The van der Waals surface area contributed by atoms with Gasteiger partial charge in [-0.25, -0.2) is 0 Å². The Morgan fingerprint density at radius 3 is 2.75 bits per heavy atom. The molecule has 1 aromatic rings. The third-order valence-corrected chi connectivity index (χ3v) is 5.18. The molecule has 0 radical (unpaired) electrons. The smallest absolute Gasteiger partial charge is 0.250 e. The van der Waals surface area contributed by atoms with Crippen LogP contribution in [0, 0.1) is 5.92 Å². The Morgan fingerprint density at radius 1 is 1.25 bits per heavy atom. The van der Waals surface area contributed by atoms with Crippen LogP contribution in [0.2, 0.25) is 0 Å². The maximum absolute atomic E-state index is 12.6.